The van der Waals surface area contributed by atoms with Crippen LogP contribution in [-0.4, -0.2) is 29.8 Å². The van der Waals surface area contributed by atoms with Gasteiger partial charge in [0.05, 0.1) is 6.04 Å². The summed E-state index contributed by atoms with van der Waals surface area (Å²) in [5, 5.41) is 0. The summed E-state index contributed by atoms with van der Waals surface area (Å²) >= 11 is 0. The Morgan fingerprint density at radius 1 is 1.25 bits per heavy atom. The highest BCUT2D eigenvalue weighted by atomic mass is 16.1. The van der Waals surface area contributed by atoms with Gasteiger partial charge in [0.2, 0.25) is 0 Å². The monoisotopic (exact) mass is 273 g/mol. The van der Waals surface area contributed by atoms with Crippen LogP contribution in [0.2, 0.25) is 0 Å². The van der Waals surface area contributed by atoms with E-state index in [-0.39, 0.29) is 11.8 Å². The average Bonchev–Trinajstić information content (AvgIpc) is 2.72. The average molecular weight is 273 g/mol. The number of rotatable bonds is 4. The van der Waals surface area contributed by atoms with Crippen molar-refractivity contribution in [1.82, 2.24) is 4.90 Å². The molecular weight excluding hydrogens is 246 g/mol. The lowest BCUT2D eigenvalue weighted by atomic mass is 9.98. The normalized spacial score (nSPS) is 22.2. The van der Waals surface area contributed by atoms with Crippen LogP contribution in [0.25, 0.3) is 0 Å². The lowest BCUT2D eigenvalue weighted by Gasteiger charge is -2.26. The first kappa shape index (κ1) is 15.2. The molecule has 0 amide bonds. The van der Waals surface area contributed by atoms with Gasteiger partial charge in [-0.1, -0.05) is 43.2 Å². The van der Waals surface area contributed by atoms with Crippen molar-refractivity contribution in [2.45, 2.75) is 52.5 Å². The molecule has 2 nitrogen and oxygen atoms in total. The second-order valence-corrected chi connectivity index (χ2v) is 6.15. The van der Waals surface area contributed by atoms with Gasteiger partial charge >= 0.3 is 0 Å². The molecule has 0 N–H and O–H groups in total. The lowest BCUT2D eigenvalue weighted by molar-refractivity contribution is 0.0841. The Morgan fingerprint density at radius 3 is 2.60 bits per heavy atom. The molecule has 2 unspecified atom stereocenters. The Labute approximate surface area is 123 Å². The molecule has 2 heteroatoms. The molecule has 1 aliphatic heterocycles. The second-order valence-electron chi connectivity index (χ2n) is 6.15. The van der Waals surface area contributed by atoms with E-state index in [1.807, 2.05) is 24.3 Å². The molecule has 1 heterocycles. The van der Waals surface area contributed by atoms with Gasteiger partial charge in [-0.15, -0.1) is 0 Å². The Hall–Kier alpha value is -1.15. The number of Topliss-reactive ketones (excluding diaryl/α,β-unsaturated/α-hetero) is 1. The number of hydrogen-bond acceptors (Lipinski definition) is 2. The summed E-state index contributed by atoms with van der Waals surface area (Å²) in [6.07, 6.45) is 5.05. The van der Waals surface area contributed by atoms with Gasteiger partial charge in [0.15, 0.2) is 5.78 Å². The van der Waals surface area contributed by atoms with Crippen LogP contribution < -0.4 is 0 Å². The molecule has 0 radical (unpaired) electrons. The van der Waals surface area contributed by atoms with Gasteiger partial charge in [-0.2, -0.15) is 0 Å². The third-order valence-electron chi connectivity index (χ3n) is 4.72. The van der Waals surface area contributed by atoms with Gasteiger partial charge in [-0.25, -0.2) is 0 Å². The second kappa shape index (κ2) is 7.03. The fourth-order valence-electron chi connectivity index (χ4n) is 3.11. The van der Waals surface area contributed by atoms with Crippen molar-refractivity contribution >= 4 is 5.78 Å². The number of benzene rings is 1. The Bertz CT molecular complexity index is 437. The van der Waals surface area contributed by atoms with Crippen LogP contribution in [0.3, 0.4) is 0 Å². The Balaban J connectivity index is 2.01. The zero-order valence-corrected chi connectivity index (χ0v) is 13.1. The number of ketones is 1. The molecule has 1 saturated heterocycles. The van der Waals surface area contributed by atoms with Crippen LogP contribution in [0, 0.1) is 12.8 Å². The lowest BCUT2D eigenvalue weighted by Crippen LogP contribution is -2.39. The Morgan fingerprint density at radius 2 is 1.95 bits per heavy atom. The molecule has 1 aliphatic rings. The molecule has 1 aromatic rings. The van der Waals surface area contributed by atoms with Crippen molar-refractivity contribution in [3.8, 4) is 0 Å². The van der Waals surface area contributed by atoms with E-state index in [1.54, 1.807) is 0 Å². The van der Waals surface area contributed by atoms with E-state index in [2.05, 4.69) is 25.7 Å². The maximum atomic E-state index is 12.6. The van der Waals surface area contributed by atoms with Crippen LogP contribution in [0.15, 0.2) is 24.3 Å². The summed E-state index contributed by atoms with van der Waals surface area (Å²) < 4.78 is 0. The van der Waals surface area contributed by atoms with Crippen molar-refractivity contribution in [3.63, 3.8) is 0 Å². The minimum Gasteiger partial charge on any atom is -0.293 e. The van der Waals surface area contributed by atoms with E-state index in [4.69, 9.17) is 0 Å². The first-order valence-electron chi connectivity index (χ1n) is 7.96. The minimum atomic E-state index is 0.00770. The molecule has 110 valence electrons. The number of hydrogen-bond donors (Lipinski definition) is 0. The maximum Gasteiger partial charge on any atom is 0.179 e. The number of nitrogens with zero attached hydrogens (tertiary/aromatic N) is 1. The maximum absolute atomic E-state index is 12.6. The summed E-state index contributed by atoms with van der Waals surface area (Å²) in [4.78, 5) is 14.9. The van der Waals surface area contributed by atoms with Gasteiger partial charge in [-0.05, 0) is 52.1 Å². The number of aryl methyl sites for hydroxylation is 1. The van der Waals surface area contributed by atoms with Crippen molar-refractivity contribution in [2.75, 3.05) is 13.1 Å². The predicted octanol–water partition coefficient (Wildman–Crippen LogP) is 4.08. The van der Waals surface area contributed by atoms with Crippen molar-refractivity contribution in [3.05, 3.63) is 35.4 Å². The van der Waals surface area contributed by atoms with E-state index in [0.717, 1.165) is 24.6 Å². The van der Waals surface area contributed by atoms with Crippen molar-refractivity contribution in [2.24, 2.45) is 5.92 Å². The third kappa shape index (κ3) is 3.69. The molecule has 2 rings (SSSR count). The summed E-state index contributed by atoms with van der Waals surface area (Å²) in [6, 6.07) is 7.97. The van der Waals surface area contributed by atoms with Crippen LogP contribution in [-0.2, 0) is 0 Å². The molecule has 0 bridgehead atoms. The van der Waals surface area contributed by atoms with Crippen LogP contribution in [0.1, 0.15) is 55.5 Å². The molecule has 0 spiro atoms. The Kier molecular flexibility index (Phi) is 5.36. The predicted molar refractivity (Wildman–Crippen MR) is 84.2 cm³/mol. The summed E-state index contributed by atoms with van der Waals surface area (Å²) in [6.45, 7) is 8.53. The highest BCUT2D eigenvalue weighted by molar-refractivity contribution is 5.99. The summed E-state index contributed by atoms with van der Waals surface area (Å²) in [7, 11) is 0. The highest BCUT2D eigenvalue weighted by Gasteiger charge is 2.24. The zero-order chi connectivity index (χ0) is 14.5. The summed E-state index contributed by atoms with van der Waals surface area (Å²) in [5.41, 5.74) is 2.05. The summed E-state index contributed by atoms with van der Waals surface area (Å²) in [5.74, 6) is 1.11. The molecule has 20 heavy (non-hydrogen) atoms. The molecule has 1 fully saturated rings. The molecule has 0 aliphatic carbocycles. The molecule has 1 aromatic carbocycles. The fraction of sp³-hybridized carbons (Fsp3) is 0.611. The van der Waals surface area contributed by atoms with Gasteiger partial charge in [0.25, 0.3) is 0 Å². The van der Waals surface area contributed by atoms with E-state index < -0.39 is 0 Å². The quantitative estimate of drug-likeness (QED) is 0.770. The van der Waals surface area contributed by atoms with Crippen molar-refractivity contribution in [1.29, 1.82) is 0 Å². The number of carbonyl (C=O) groups is 1. The third-order valence-corrected chi connectivity index (χ3v) is 4.72. The first-order valence-corrected chi connectivity index (χ1v) is 7.96. The largest absolute Gasteiger partial charge is 0.293 e. The smallest absolute Gasteiger partial charge is 0.179 e. The van der Waals surface area contributed by atoms with Gasteiger partial charge in [0.1, 0.15) is 0 Å². The van der Waals surface area contributed by atoms with E-state index in [1.165, 1.54) is 31.2 Å². The van der Waals surface area contributed by atoms with Gasteiger partial charge in [0, 0.05) is 5.56 Å². The van der Waals surface area contributed by atoms with Crippen LogP contribution in [0.5, 0.6) is 0 Å². The zero-order valence-electron chi connectivity index (χ0n) is 13.1. The van der Waals surface area contributed by atoms with Gasteiger partial charge < -0.3 is 0 Å². The van der Waals surface area contributed by atoms with E-state index >= 15 is 0 Å². The first-order chi connectivity index (χ1) is 9.61. The van der Waals surface area contributed by atoms with E-state index in [9.17, 15) is 4.79 Å². The fourth-order valence-corrected chi connectivity index (χ4v) is 3.11. The molecular formula is C18H27NO. The topological polar surface area (TPSA) is 20.3 Å². The standard InChI is InChI=1S/C18H27NO/c1-4-16-6-5-12-19(13-11-16)15(3)18(20)17-9-7-14(2)8-10-17/h7-10,15-16H,4-6,11-13H2,1-3H3. The van der Waals surface area contributed by atoms with E-state index in [0.29, 0.717) is 0 Å². The SMILES string of the molecule is CCC1CCCN(C(C)C(=O)c2ccc(C)cc2)CC1. The van der Waals surface area contributed by atoms with Gasteiger partial charge in [-0.3, -0.25) is 9.69 Å². The molecule has 0 saturated carbocycles. The molecule has 0 aromatic heterocycles. The minimum absolute atomic E-state index is 0.00770. The van der Waals surface area contributed by atoms with Crippen LogP contribution in [0.4, 0.5) is 0 Å². The highest BCUT2D eigenvalue weighted by Crippen LogP contribution is 2.22. The van der Waals surface area contributed by atoms with Crippen LogP contribution >= 0.6 is 0 Å². The molecule has 2 atom stereocenters. The number of carbonyl (C=O) groups excluding carboxylic acids is 1. The van der Waals surface area contributed by atoms with Crippen molar-refractivity contribution < 1.29 is 4.79 Å². The number of likely N-dealkylation sites (tertiary alicyclic amines) is 1.